The molecule has 0 unspecified atom stereocenters. The van der Waals surface area contributed by atoms with Gasteiger partial charge in [-0.25, -0.2) is 4.79 Å². The van der Waals surface area contributed by atoms with E-state index >= 15 is 0 Å². The highest BCUT2D eigenvalue weighted by Crippen LogP contribution is 2.15. The molecule has 6 nitrogen and oxygen atoms in total. The van der Waals surface area contributed by atoms with Crippen molar-refractivity contribution >= 4 is 17.8 Å². The fourth-order valence-corrected chi connectivity index (χ4v) is 2.80. The highest BCUT2D eigenvalue weighted by atomic mass is 16.6. The Morgan fingerprint density at radius 2 is 2.00 bits per heavy atom. The van der Waals surface area contributed by atoms with Crippen molar-refractivity contribution in [3.63, 3.8) is 0 Å². The van der Waals surface area contributed by atoms with Gasteiger partial charge in [0.25, 0.3) is 0 Å². The zero-order valence-corrected chi connectivity index (χ0v) is 15.3. The van der Waals surface area contributed by atoms with Crippen molar-refractivity contribution in [1.82, 2.24) is 4.90 Å². The summed E-state index contributed by atoms with van der Waals surface area (Å²) in [4.78, 5) is 36.2. The number of hydrogen-bond acceptors (Lipinski definition) is 4. The molecule has 0 aromatic heterocycles. The van der Waals surface area contributed by atoms with Crippen molar-refractivity contribution in [3.05, 3.63) is 60.2 Å². The lowest BCUT2D eigenvalue weighted by Gasteiger charge is -2.32. The van der Waals surface area contributed by atoms with E-state index in [9.17, 15) is 14.4 Å². The van der Waals surface area contributed by atoms with E-state index in [1.807, 2.05) is 42.5 Å². The van der Waals surface area contributed by atoms with Crippen LogP contribution in [0.4, 0.5) is 4.79 Å². The number of benzene rings is 1. The Balaban J connectivity index is 1.86. The van der Waals surface area contributed by atoms with E-state index in [1.54, 1.807) is 17.1 Å². The Morgan fingerprint density at radius 1 is 1.22 bits per heavy atom. The number of carboxylic acid groups (broad SMARTS) is 1. The largest absolute Gasteiger partial charge is 0.481 e. The van der Waals surface area contributed by atoms with Crippen molar-refractivity contribution in [1.29, 1.82) is 0 Å². The third kappa shape index (κ3) is 7.48. The zero-order valence-electron chi connectivity index (χ0n) is 15.3. The summed E-state index contributed by atoms with van der Waals surface area (Å²) in [6.45, 7) is 0.702. The molecular formula is C21H25NO5. The maximum absolute atomic E-state index is 12.1. The molecule has 1 aromatic rings. The van der Waals surface area contributed by atoms with E-state index in [0.29, 0.717) is 38.8 Å². The molecule has 1 aliphatic heterocycles. The number of aliphatic carboxylic acids is 1. The molecular weight excluding hydrogens is 346 g/mol. The number of hydrogen-bond donors (Lipinski definition) is 1. The summed E-state index contributed by atoms with van der Waals surface area (Å²) in [5.74, 6) is -0.822. The number of ketones is 1. The quantitative estimate of drug-likeness (QED) is 0.387. The maximum atomic E-state index is 12.1. The number of carbonyl (C=O) groups is 3. The molecule has 0 aliphatic carbocycles. The Morgan fingerprint density at radius 3 is 2.74 bits per heavy atom. The Bertz CT molecular complexity index is 696. The summed E-state index contributed by atoms with van der Waals surface area (Å²) in [5, 5.41) is 8.61. The van der Waals surface area contributed by atoms with Crippen LogP contribution in [0.25, 0.3) is 0 Å². The van der Waals surface area contributed by atoms with Crippen molar-refractivity contribution < 1.29 is 24.2 Å². The van der Waals surface area contributed by atoms with Gasteiger partial charge in [0.1, 0.15) is 0 Å². The van der Waals surface area contributed by atoms with E-state index < -0.39 is 12.1 Å². The van der Waals surface area contributed by atoms with Gasteiger partial charge in [-0.15, -0.1) is 0 Å². The molecule has 1 N–H and O–H groups in total. The number of unbranched alkanes of at least 4 members (excludes halogenated alkanes) is 1. The van der Waals surface area contributed by atoms with Gasteiger partial charge in [0.15, 0.2) is 5.78 Å². The Labute approximate surface area is 159 Å². The first kappa shape index (κ1) is 20.4. The number of carboxylic acids is 1. The molecule has 2 rings (SSSR count). The van der Waals surface area contributed by atoms with E-state index in [1.165, 1.54) is 0 Å². The van der Waals surface area contributed by atoms with Gasteiger partial charge in [-0.05, 0) is 24.5 Å². The van der Waals surface area contributed by atoms with Crippen molar-refractivity contribution in [3.8, 4) is 0 Å². The first-order valence-electron chi connectivity index (χ1n) is 9.11. The molecule has 0 radical (unpaired) electrons. The van der Waals surface area contributed by atoms with Crippen LogP contribution >= 0.6 is 0 Å². The molecule has 1 aromatic carbocycles. The third-order valence-electron chi connectivity index (χ3n) is 4.23. The molecule has 1 aliphatic rings. The molecule has 0 saturated carbocycles. The molecule has 144 valence electrons. The lowest BCUT2D eigenvalue weighted by molar-refractivity contribution is -0.137. The Kier molecular flexibility index (Phi) is 8.29. The van der Waals surface area contributed by atoms with Gasteiger partial charge < -0.3 is 9.84 Å². The maximum Gasteiger partial charge on any atom is 0.410 e. The summed E-state index contributed by atoms with van der Waals surface area (Å²) >= 11 is 0. The molecule has 27 heavy (non-hydrogen) atoms. The molecule has 6 heteroatoms. The van der Waals surface area contributed by atoms with Gasteiger partial charge in [0.2, 0.25) is 0 Å². The Hall–Kier alpha value is -2.89. The third-order valence-corrected chi connectivity index (χ3v) is 4.23. The predicted octanol–water partition coefficient (Wildman–Crippen LogP) is 3.38. The van der Waals surface area contributed by atoms with Crippen molar-refractivity contribution in [2.75, 3.05) is 13.2 Å². The summed E-state index contributed by atoms with van der Waals surface area (Å²) in [6.07, 6.45) is 8.91. The minimum atomic E-state index is -0.812. The highest BCUT2D eigenvalue weighted by Gasteiger charge is 2.26. The summed E-state index contributed by atoms with van der Waals surface area (Å²) in [5.41, 5.74) is 0.955. The number of ether oxygens (including phenoxy) is 1. The molecule has 1 heterocycles. The highest BCUT2D eigenvalue weighted by molar-refractivity contribution is 5.91. The summed E-state index contributed by atoms with van der Waals surface area (Å²) < 4.78 is 5.09. The van der Waals surface area contributed by atoms with E-state index in [0.717, 1.165) is 5.56 Å². The van der Waals surface area contributed by atoms with Crippen molar-refractivity contribution in [2.45, 2.75) is 38.1 Å². The predicted molar refractivity (Wildman–Crippen MR) is 101 cm³/mol. The van der Waals surface area contributed by atoms with Crippen LogP contribution < -0.4 is 0 Å². The monoisotopic (exact) mass is 371 g/mol. The van der Waals surface area contributed by atoms with Crippen LogP contribution in [0.3, 0.4) is 0 Å². The summed E-state index contributed by atoms with van der Waals surface area (Å²) in [6, 6.07) is 9.33. The van der Waals surface area contributed by atoms with Crippen LogP contribution in [0.15, 0.2) is 54.6 Å². The van der Waals surface area contributed by atoms with Gasteiger partial charge in [-0.1, -0.05) is 48.6 Å². The molecule has 1 atom stereocenters. The number of amides is 1. The van der Waals surface area contributed by atoms with Crippen molar-refractivity contribution in [2.24, 2.45) is 0 Å². The second kappa shape index (κ2) is 11.0. The minimum Gasteiger partial charge on any atom is -0.481 e. The molecule has 1 amide bonds. The molecule has 0 bridgehead atoms. The van der Waals surface area contributed by atoms with Crippen LogP contribution in [0.5, 0.6) is 0 Å². The number of nitrogens with zero attached hydrogens (tertiary/aromatic N) is 1. The first-order valence-corrected chi connectivity index (χ1v) is 9.11. The van der Waals surface area contributed by atoms with E-state index in [-0.39, 0.29) is 18.2 Å². The number of allylic oxidation sites excluding steroid dienone is 2. The molecule has 0 spiro atoms. The molecule has 1 saturated heterocycles. The topological polar surface area (TPSA) is 83.9 Å². The van der Waals surface area contributed by atoms with Crippen LogP contribution in [-0.4, -0.2) is 47.0 Å². The minimum absolute atomic E-state index is 0.00990. The average molecular weight is 371 g/mol. The zero-order chi connectivity index (χ0) is 19.5. The van der Waals surface area contributed by atoms with Crippen LogP contribution in [0.1, 0.15) is 31.2 Å². The number of carbonyl (C=O) groups excluding carboxylic acids is 2. The fourth-order valence-electron chi connectivity index (χ4n) is 2.80. The van der Waals surface area contributed by atoms with Gasteiger partial charge in [0, 0.05) is 25.8 Å². The lowest BCUT2D eigenvalue weighted by Crippen LogP contribution is -2.44. The van der Waals surface area contributed by atoms with Crippen LogP contribution in [0, 0.1) is 0 Å². The van der Waals surface area contributed by atoms with E-state index in [4.69, 9.17) is 9.84 Å². The average Bonchev–Trinajstić information content (AvgIpc) is 2.65. The second-order valence-electron chi connectivity index (χ2n) is 6.37. The van der Waals surface area contributed by atoms with Gasteiger partial charge in [-0.2, -0.15) is 0 Å². The molecule has 1 fully saturated rings. The first-order chi connectivity index (χ1) is 13.1. The standard InChI is InChI=1S/C21H25NO5/c23-19(16-17-8-4-3-5-9-17)12-11-18-13-15-27-21(26)22(18)14-7-2-1-6-10-20(24)25/h2-5,7-9,11-12,18H,1,6,10,13-16H2,(H,24,25)/b7-2-,12-11+/t18-/m0/s1. The van der Waals surface area contributed by atoms with Gasteiger partial charge in [-0.3, -0.25) is 14.5 Å². The van der Waals surface area contributed by atoms with Gasteiger partial charge >= 0.3 is 12.1 Å². The SMILES string of the molecule is O=C(O)CCC/C=C\CN1C(=O)OCC[C@@H]1/C=C/C(=O)Cc1ccccc1. The smallest absolute Gasteiger partial charge is 0.410 e. The second-order valence-corrected chi connectivity index (χ2v) is 6.37. The fraction of sp³-hybridized carbons (Fsp3) is 0.381. The van der Waals surface area contributed by atoms with Crippen LogP contribution in [0.2, 0.25) is 0 Å². The van der Waals surface area contributed by atoms with E-state index in [2.05, 4.69) is 0 Å². The number of rotatable bonds is 10. The number of cyclic esters (lactones) is 1. The van der Waals surface area contributed by atoms with Gasteiger partial charge in [0.05, 0.1) is 12.6 Å². The van der Waals surface area contributed by atoms with Crippen LogP contribution in [-0.2, 0) is 20.7 Å². The summed E-state index contributed by atoms with van der Waals surface area (Å²) in [7, 11) is 0. The lowest BCUT2D eigenvalue weighted by atomic mass is 10.1. The normalized spacial score (nSPS) is 17.4.